The van der Waals surface area contributed by atoms with Gasteiger partial charge in [0.15, 0.2) is 0 Å². The van der Waals surface area contributed by atoms with Gasteiger partial charge in [-0.3, -0.25) is 0 Å². The minimum Gasteiger partial charge on any atom is -0.383 e. The Morgan fingerprint density at radius 1 is 1.40 bits per heavy atom. The van der Waals surface area contributed by atoms with Gasteiger partial charge in [-0.2, -0.15) is 0 Å². The first-order valence-electron chi connectivity index (χ1n) is 6.85. The number of nitrogens with zero attached hydrogens (tertiary/aromatic N) is 2. The van der Waals surface area contributed by atoms with Gasteiger partial charge in [0.1, 0.15) is 5.69 Å². The molecule has 0 aliphatic carbocycles. The van der Waals surface area contributed by atoms with E-state index in [0.717, 1.165) is 48.7 Å². The molecule has 1 aromatic rings. The third-order valence-corrected chi connectivity index (χ3v) is 3.82. The van der Waals surface area contributed by atoms with E-state index in [1.54, 1.807) is 0 Å². The van der Waals surface area contributed by atoms with Crippen LogP contribution in [0, 0.1) is 10.8 Å². The van der Waals surface area contributed by atoms with Crippen molar-refractivity contribution in [2.75, 3.05) is 43.1 Å². The van der Waals surface area contributed by atoms with Crippen LogP contribution in [0.4, 0.5) is 17.1 Å². The van der Waals surface area contributed by atoms with Crippen LogP contribution in [0.15, 0.2) is 21.8 Å². The number of nitroso groups, excluding NO2 is 1. The Balaban J connectivity index is 2.27. The van der Waals surface area contributed by atoms with Crippen LogP contribution in [0.3, 0.4) is 0 Å². The molecular formula is C14H20BrN3O2. The zero-order valence-electron chi connectivity index (χ0n) is 11.9. The lowest BCUT2D eigenvalue weighted by Gasteiger charge is -2.29. The lowest BCUT2D eigenvalue weighted by Crippen LogP contribution is -2.36. The van der Waals surface area contributed by atoms with E-state index in [-0.39, 0.29) is 0 Å². The highest BCUT2D eigenvalue weighted by Crippen LogP contribution is 2.38. The molecule has 0 unspecified atom stereocenters. The zero-order valence-corrected chi connectivity index (χ0v) is 13.4. The van der Waals surface area contributed by atoms with Crippen molar-refractivity contribution < 1.29 is 4.74 Å². The molecule has 0 saturated carbocycles. The van der Waals surface area contributed by atoms with E-state index in [9.17, 15) is 4.91 Å². The number of benzene rings is 1. The van der Waals surface area contributed by atoms with Crippen molar-refractivity contribution in [2.45, 2.75) is 13.8 Å². The topological polar surface area (TPSA) is 53.9 Å². The highest BCUT2D eigenvalue weighted by molar-refractivity contribution is 9.10. The first kappa shape index (κ1) is 15.3. The maximum Gasteiger partial charge on any atom is 0.145 e. The van der Waals surface area contributed by atoms with Gasteiger partial charge >= 0.3 is 0 Å². The van der Waals surface area contributed by atoms with Crippen LogP contribution in [0.1, 0.15) is 13.8 Å². The van der Waals surface area contributed by atoms with E-state index in [1.165, 1.54) is 0 Å². The highest BCUT2D eigenvalue weighted by Gasteiger charge is 2.16. The summed E-state index contributed by atoms with van der Waals surface area (Å²) in [5.74, 6) is 0.500. The number of ether oxygens (including phenoxy) is 1. The summed E-state index contributed by atoms with van der Waals surface area (Å²) in [7, 11) is 0. The largest absolute Gasteiger partial charge is 0.383 e. The lowest BCUT2D eigenvalue weighted by atomic mass is 10.2. The summed E-state index contributed by atoms with van der Waals surface area (Å²) < 4.78 is 6.09. The summed E-state index contributed by atoms with van der Waals surface area (Å²) in [6.45, 7) is 8.26. The van der Waals surface area contributed by atoms with E-state index >= 15 is 0 Å². The molecule has 6 heteroatoms. The van der Waals surface area contributed by atoms with E-state index in [2.05, 4.69) is 45.2 Å². The molecule has 1 saturated heterocycles. The van der Waals surface area contributed by atoms with Gasteiger partial charge < -0.3 is 15.0 Å². The Hall–Kier alpha value is -1.14. The number of rotatable bonds is 5. The third-order valence-electron chi connectivity index (χ3n) is 3.22. The smallest absolute Gasteiger partial charge is 0.145 e. The molecule has 0 bridgehead atoms. The van der Waals surface area contributed by atoms with Crippen molar-refractivity contribution in [2.24, 2.45) is 11.1 Å². The fourth-order valence-electron chi connectivity index (χ4n) is 2.13. The Kier molecular flexibility index (Phi) is 5.37. The van der Waals surface area contributed by atoms with Crippen LogP contribution in [0.2, 0.25) is 0 Å². The van der Waals surface area contributed by atoms with Crippen molar-refractivity contribution in [3.8, 4) is 0 Å². The Morgan fingerprint density at radius 3 is 2.70 bits per heavy atom. The van der Waals surface area contributed by atoms with Crippen molar-refractivity contribution in [1.82, 2.24) is 0 Å². The summed E-state index contributed by atoms with van der Waals surface area (Å²) in [6, 6.07) is 3.94. The SMILES string of the molecule is CC(C)CNc1cc(N2CCOCC2)cc(Br)c1N=O. The molecule has 2 rings (SSSR count). The van der Waals surface area contributed by atoms with Gasteiger partial charge in [-0.25, -0.2) is 0 Å². The van der Waals surface area contributed by atoms with Gasteiger partial charge in [0.05, 0.1) is 23.4 Å². The summed E-state index contributed by atoms with van der Waals surface area (Å²) in [5, 5.41) is 6.43. The average Bonchev–Trinajstić information content (AvgIpc) is 2.45. The number of morpholine rings is 1. The molecular weight excluding hydrogens is 322 g/mol. The second-order valence-electron chi connectivity index (χ2n) is 5.29. The van der Waals surface area contributed by atoms with Crippen LogP contribution >= 0.6 is 15.9 Å². The average molecular weight is 342 g/mol. The molecule has 0 amide bonds. The van der Waals surface area contributed by atoms with Crippen molar-refractivity contribution in [1.29, 1.82) is 0 Å². The highest BCUT2D eigenvalue weighted by atomic mass is 79.9. The Labute approximate surface area is 127 Å². The van der Waals surface area contributed by atoms with Crippen LogP contribution in [0.5, 0.6) is 0 Å². The van der Waals surface area contributed by atoms with E-state index in [0.29, 0.717) is 11.6 Å². The maximum atomic E-state index is 11.0. The molecule has 1 heterocycles. The number of hydrogen-bond donors (Lipinski definition) is 1. The van der Waals surface area contributed by atoms with Gasteiger partial charge in [0.25, 0.3) is 0 Å². The van der Waals surface area contributed by atoms with Gasteiger partial charge in [-0.1, -0.05) is 13.8 Å². The molecule has 0 aromatic heterocycles. The molecule has 0 atom stereocenters. The monoisotopic (exact) mass is 341 g/mol. The van der Waals surface area contributed by atoms with Gasteiger partial charge in [-0.05, 0) is 39.2 Å². The van der Waals surface area contributed by atoms with Crippen molar-refractivity contribution in [3.63, 3.8) is 0 Å². The molecule has 1 fully saturated rings. The molecule has 1 aliphatic heterocycles. The molecule has 0 spiro atoms. The van der Waals surface area contributed by atoms with Crippen molar-refractivity contribution in [3.05, 3.63) is 21.5 Å². The molecule has 20 heavy (non-hydrogen) atoms. The predicted molar refractivity (Wildman–Crippen MR) is 86.0 cm³/mol. The van der Waals surface area contributed by atoms with E-state index in [1.807, 2.05) is 12.1 Å². The first-order valence-corrected chi connectivity index (χ1v) is 7.64. The lowest BCUT2D eigenvalue weighted by molar-refractivity contribution is 0.122. The van der Waals surface area contributed by atoms with E-state index in [4.69, 9.17) is 4.74 Å². The fourth-order valence-corrected chi connectivity index (χ4v) is 2.65. The van der Waals surface area contributed by atoms with Gasteiger partial charge in [0.2, 0.25) is 0 Å². The number of nitrogens with one attached hydrogen (secondary N) is 1. The number of anilines is 2. The number of halogens is 1. The summed E-state index contributed by atoms with van der Waals surface area (Å²) in [5.41, 5.74) is 2.30. The second kappa shape index (κ2) is 7.04. The molecule has 110 valence electrons. The number of hydrogen-bond acceptors (Lipinski definition) is 5. The zero-order chi connectivity index (χ0) is 14.5. The normalized spacial score (nSPS) is 15.5. The van der Waals surface area contributed by atoms with Crippen LogP contribution in [-0.2, 0) is 4.74 Å². The summed E-state index contributed by atoms with van der Waals surface area (Å²) in [6.07, 6.45) is 0. The van der Waals surface area contributed by atoms with E-state index < -0.39 is 0 Å². The van der Waals surface area contributed by atoms with Gasteiger partial charge in [0, 0.05) is 25.3 Å². The summed E-state index contributed by atoms with van der Waals surface area (Å²) >= 11 is 3.44. The minimum atomic E-state index is 0.433. The first-order chi connectivity index (χ1) is 9.61. The van der Waals surface area contributed by atoms with Crippen LogP contribution in [0.25, 0.3) is 0 Å². The second-order valence-corrected chi connectivity index (χ2v) is 6.14. The van der Waals surface area contributed by atoms with Crippen LogP contribution in [-0.4, -0.2) is 32.8 Å². The third kappa shape index (κ3) is 3.70. The Bertz CT molecular complexity index is 474. The minimum absolute atomic E-state index is 0.433. The molecule has 1 aliphatic rings. The standard InChI is InChI=1S/C14H20BrN3O2/c1-10(2)9-16-13-8-11(7-12(15)14(13)17-19)18-3-5-20-6-4-18/h7-8,10,16H,3-6,9H2,1-2H3. The Morgan fingerprint density at radius 2 is 2.10 bits per heavy atom. The molecule has 5 nitrogen and oxygen atoms in total. The molecule has 1 N–H and O–H groups in total. The molecule has 1 aromatic carbocycles. The summed E-state index contributed by atoms with van der Waals surface area (Å²) in [4.78, 5) is 13.3. The van der Waals surface area contributed by atoms with Crippen molar-refractivity contribution >= 4 is 33.0 Å². The van der Waals surface area contributed by atoms with Crippen LogP contribution < -0.4 is 10.2 Å². The molecule has 0 radical (unpaired) electrons. The fraction of sp³-hybridized carbons (Fsp3) is 0.571. The quantitative estimate of drug-likeness (QED) is 0.828. The van der Waals surface area contributed by atoms with Gasteiger partial charge in [-0.15, -0.1) is 4.91 Å². The maximum absolute atomic E-state index is 11.0. The predicted octanol–water partition coefficient (Wildman–Crippen LogP) is 3.75.